The largest absolute Gasteiger partial charge is 0.333 e. The molecule has 0 spiro atoms. The van der Waals surface area contributed by atoms with Gasteiger partial charge in [-0.25, -0.2) is 0 Å². The molecule has 5 heteroatoms. The fourth-order valence-electron chi connectivity index (χ4n) is 4.04. The van der Waals surface area contributed by atoms with Crippen molar-refractivity contribution in [2.45, 2.75) is 59.4 Å². The molecule has 162 valence electrons. The van der Waals surface area contributed by atoms with E-state index in [1.54, 1.807) is 16.2 Å². The summed E-state index contributed by atoms with van der Waals surface area (Å²) in [4.78, 5) is 31.6. The van der Waals surface area contributed by atoms with Crippen LogP contribution in [0.1, 0.15) is 69.0 Å². The highest BCUT2D eigenvalue weighted by atomic mass is 32.1. The first kappa shape index (κ1) is 22.5. The fourth-order valence-corrected chi connectivity index (χ4v) is 4.94. The van der Waals surface area contributed by atoms with Crippen LogP contribution in [0.5, 0.6) is 0 Å². The molecule has 2 aromatic rings. The number of hydrogen-bond acceptors (Lipinski definition) is 3. The summed E-state index contributed by atoms with van der Waals surface area (Å²) >= 11 is 1.77. The number of thiophene rings is 1. The SMILES string of the molecule is CCCCN(CC(=O)N1CCc2sccc2C1c1ccccc1)C(=O)CC(C)(C)C. The Balaban J connectivity index is 1.83. The predicted octanol–water partition coefficient (Wildman–Crippen LogP) is 5.29. The Labute approximate surface area is 184 Å². The number of hydrogen-bond donors (Lipinski definition) is 0. The number of fused-ring (bicyclic) bond motifs is 1. The summed E-state index contributed by atoms with van der Waals surface area (Å²) in [7, 11) is 0. The number of rotatable bonds is 7. The van der Waals surface area contributed by atoms with Crippen molar-refractivity contribution < 1.29 is 9.59 Å². The Hall–Kier alpha value is -2.14. The Morgan fingerprint density at radius 2 is 1.90 bits per heavy atom. The zero-order valence-corrected chi connectivity index (χ0v) is 19.5. The number of amides is 2. The van der Waals surface area contributed by atoms with E-state index in [0.29, 0.717) is 19.5 Å². The molecule has 2 heterocycles. The summed E-state index contributed by atoms with van der Waals surface area (Å²) < 4.78 is 0. The number of unbranched alkanes of at least 4 members (excludes halogenated alkanes) is 1. The van der Waals surface area contributed by atoms with Gasteiger partial charge < -0.3 is 9.80 Å². The minimum Gasteiger partial charge on any atom is -0.333 e. The van der Waals surface area contributed by atoms with Crippen LogP contribution in [-0.2, 0) is 16.0 Å². The second kappa shape index (κ2) is 9.78. The Morgan fingerprint density at radius 1 is 1.17 bits per heavy atom. The van der Waals surface area contributed by atoms with E-state index in [9.17, 15) is 9.59 Å². The van der Waals surface area contributed by atoms with Gasteiger partial charge in [0.1, 0.15) is 0 Å². The summed E-state index contributed by atoms with van der Waals surface area (Å²) in [5, 5.41) is 2.12. The third-order valence-corrected chi connectivity index (χ3v) is 6.54. The molecule has 1 unspecified atom stereocenters. The highest BCUT2D eigenvalue weighted by molar-refractivity contribution is 7.10. The lowest BCUT2D eigenvalue weighted by Gasteiger charge is -2.38. The average Bonchev–Trinajstić information content (AvgIpc) is 3.18. The van der Waals surface area contributed by atoms with Gasteiger partial charge in [0.2, 0.25) is 11.8 Å². The van der Waals surface area contributed by atoms with Crippen molar-refractivity contribution >= 4 is 23.2 Å². The minimum absolute atomic E-state index is 0.0408. The van der Waals surface area contributed by atoms with Gasteiger partial charge in [0.05, 0.1) is 12.6 Å². The van der Waals surface area contributed by atoms with Gasteiger partial charge >= 0.3 is 0 Å². The van der Waals surface area contributed by atoms with Crippen LogP contribution >= 0.6 is 11.3 Å². The normalized spacial score (nSPS) is 16.3. The van der Waals surface area contributed by atoms with E-state index in [4.69, 9.17) is 0 Å². The summed E-state index contributed by atoms with van der Waals surface area (Å²) in [6.45, 7) is 9.82. The molecule has 1 aromatic carbocycles. The molecule has 4 nitrogen and oxygen atoms in total. The third kappa shape index (κ3) is 5.51. The lowest BCUT2D eigenvalue weighted by atomic mass is 9.91. The second-order valence-electron chi connectivity index (χ2n) is 9.36. The molecule has 0 saturated carbocycles. The summed E-state index contributed by atoms with van der Waals surface area (Å²) in [5.74, 6) is 0.118. The molecule has 1 aliphatic rings. The number of benzene rings is 1. The summed E-state index contributed by atoms with van der Waals surface area (Å²) in [5.41, 5.74) is 2.27. The van der Waals surface area contributed by atoms with E-state index >= 15 is 0 Å². The fraction of sp³-hybridized carbons (Fsp3) is 0.520. The molecule has 3 rings (SSSR count). The highest BCUT2D eigenvalue weighted by Crippen LogP contribution is 2.37. The van der Waals surface area contributed by atoms with Crippen molar-refractivity contribution in [2.75, 3.05) is 19.6 Å². The maximum absolute atomic E-state index is 13.5. The van der Waals surface area contributed by atoms with Gasteiger partial charge in [-0.05, 0) is 40.8 Å². The zero-order valence-electron chi connectivity index (χ0n) is 18.7. The molecular weight excluding hydrogens is 392 g/mol. The standard InChI is InChI=1S/C25H34N2O2S/c1-5-6-14-26(22(28)17-25(2,3)4)18-23(29)27-15-12-21-20(13-16-30-21)24(27)19-10-8-7-9-11-19/h7-11,13,16,24H,5-6,12,14-15,17-18H2,1-4H3. The van der Waals surface area contributed by atoms with Crippen LogP contribution in [0.2, 0.25) is 0 Å². The van der Waals surface area contributed by atoms with Crippen LogP contribution in [-0.4, -0.2) is 41.2 Å². The van der Waals surface area contributed by atoms with Crippen LogP contribution in [0.15, 0.2) is 41.8 Å². The number of carbonyl (C=O) groups is 2. The van der Waals surface area contributed by atoms with Gasteiger partial charge in [0, 0.05) is 24.4 Å². The Bertz CT molecular complexity index is 854. The van der Waals surface area contributed by atoms with Crippen LogP contribution in [0.4, 0.5) is 0 Å². The van der Waals surface area contributed by atoms with Crippen molar-refractivity contribution in [1.82, 2.24) is 9.80 Å². The molecule has 2 amide bonds. The molecule has 0 fully saturated rings. The van der Waals surface area contributed by atoms with Crippen LogP contribution in [0.3, 0.4) is 0 Å². The van der Waals surface area contributed by atoms with Crippen LogP contribution in [0.25, 0.3) is 0 Å². The first-order chi connectivity index (χ1) is 14.3. The maximum atomic E-state index is 13.5. The van der Waals surface area contributed by atoms with Crippen LogP contribution < -0.4 is 0 Å². The van der Waals surface area contributed by atoms with Gasteiger partial charge in [-0.2, -0.15) is 0 Å². The Morgan fingerprint density at radius 3 is 2.57 bits per heavy atom. The highest BCUT2D eigenvalue weighted by Gasteiger charge is 2.34. The Kier molecular flexibility index (Phi) is 7.35. The van der Waals surface area contributed by atoms with Gasteiger partial charge in [-0.1, -0.05) is 64.4 Å². The van der Waals surface area contributed by atoms with E-state index in [1.807, 2.05) is 23.1 Å². The molecule has 1 aliphatic heterocycles. The molecule has 0 saturated heterocycles. The first-order valence-corrected chi connectivity index (χ1v) is 11.9. The molecule has 30 heavy (non-hydrogen) atoms. The smallest absolute Gasteiger partial charge is 0.242 e. The lowest BCUT2D eigenvalue weighted by molar-refractivity contribution is -0.142. The average molecular weight is 427 g/mol. The van der Waals surface area contributed by atoms with E-state index in [1.165, 1.54) is 10.4 Å². The summed E-state index contributed by atoms with van der Waals surface area (Å²) in [6.07, 6.45) is 3.26. The van der Waals surface area contributed by atoms with E-state index in [-0.39, 0.29) is 29.8 Å². The predicted molar refractivity (Wildman–Crippen MR) is 124 cm³/mol. The molecule has 0 radical (unpaired) electrons. The molecule has 1 aromatic heterocycles. The molecule has 0 aliphatic carbocycles. The quantitative estimate of drug-likeness (QED) is 0.604. The van der Waals surface area contributed by atoms with Crippen molar-refractivity contribution in [3.05, 3.63) is 57.8 Å². The maximum Gasteiger partial charge on any atom is 0.242 e. The van der Waals surface area contributed by atoms with Gasteiger partial charge in [-0.15, -0.1) is 11.3 Å². The topological polar surface area (TPSA) is 40.6 Å². The van der Waals surface area contributed by atoms with Gasteiger partial charge in [0.15, 0.2) is 0 Å². The van der Waals surface area contributed by atoms with Crippen LogP contribution in [0, 0.1) is 5.41 Å². The zero-order chi connectivity index (χ0) is 21.7. The van der Waals surface area contributed by atoms with Crippen molar-refractivity contribution in [3.8, 4) is 0 Å². The molecule has 0 bridgehead atoms. The van der Waals surface area contributed by atoms with Crippen molar-refractivity contribution in [3.63, 3.8) is 0 Å². The summed E-state index contributed by atoms with van der Waals surface area (Å²) in [6, 6.07) is 12.3. The minimum atomic E-state index is -0.0894. The molecule has 1 atom stereocenters. The molecule has 0 N–H and O–H groups in total. The van der Waals surface area contributed by atoms with Crippen molar-refractivity contribution in [2.24, 2.45) is 5.41 Å². The molecular formula is C25H34N2O2S. The van der Waals surface area contributed by atoms with Gasteiger partial charge in [-0.3, -0.25) is 9.59 Å². The van der Waals surface area contributed by atoms with Crippen molar-refractivity contribution in [1.29, 1.82) is 0 Å². The number of nitrogens with zero attached hydrogens (tertiary/aromatic N) is 2. The second-order valence-corrected chi connectivity index (χ2v) is 10.4. The van der Waals surface area contributed by atoms with Gasteiger partial charge in [0.25, 0.3) is 0 Å². The van der Waals surface area contributed by atoms with E-state index < -0.39 is 0 Å². The monoisotopic (exact) mass is 426 g/mol. The number of carbonyl (C=O) groups excluding carboxylic acids is 2. The third-order valence-electron chi connectivity index (χ3n) is 5.54. The lowest BCUT2D eigenvalue weighted by Crippen LogP contribution is -2.47. The van der Waals surface area contributed by atoms with E-state index in [2.05, 4.69) is 51.3 Å². The first-order valence-electron chi connectivity index (χ1n) is 11.0. The van der Waals surface area contributed by atoms with E-state index in [0.717, 1.165) is 24.8 Å².